The van der Waals surface area contributed by atoms with E-state index in [0.717, 1.165) is 48.8 Å². The zero-order chi connectivity index (χ0) is 16.3. The number of benzene rings is 2. The van der Waals surface area contributed by atoms with Gasteiger partial charge >= 0.3 is 7.60 Å². The molecule has 0 radical (unpaired) electrons. The minimum atomic E-state index is -3.60. The Hall–Kier alpha value is -1.57. The van der Waals surface area contributed by atoms with Gasteiger partial charge in [0.05, 0.1) is 5.66 Å². The molecule has 122 valence electrons. The van der Waals surface area contributed by atoms with Gasteiger partial charge in [0, 0.05) is 0 Å². The molecule has 3 rings (SSSR count). The average molecular weight is 330 g/mol. The fourth-order valence-electron chi connectivity index (χ4n) is 3.18. The molecule has 2 aromatic carbocycles. The van der Waals surface area contributed by atoms with E-state index >= 15 is 0 Å². The second-order valence-electron chi connectivity index (χ2n) is 6.29. The largest absolute Gasteiger partial charge is 0.424 e. The van der Waals surface area contributed by atoms with Crippen LogP contribution in [0.2, 0.25) is 0 Å². The summed E-state index contributed by atoms with van der Waals surface area (Å²) in [5, 5.41) is 0. The Morgan fingerprint density at radius 1 is 1.00 bits per heavy atom. The van der Waals surface area contributed by atoms with Gasteiger partial charge < -0.3 is 9.42 Å². The van der Waals surface area contributed by atoms with Gasteiger partial charge in [-0.15, -0.1) is 0 Å². The van der Waals surface area contributed by atoms with Crippen LogP contribution < -0.4 is 4.52 Å². The second-order valence-corrected chi connectivity index (χ2v) is 8.33. The molecule has 1 saturated carbocycles. The highest BCUT2D eigenvalue weighted by Crippen LogP contribution is 2.53. The maximum atomic E-state index is 12.6. The van der Waals surface area contributed by atoms with Crippen molar-refractivity contribution >= 4 is 7.60 Å². The van der Waals surface area contributed by atoms with Crippen LogP contribution >= 0.6 is 7.60 Å². The molecule has 1 unspecified atom stereocenters. The summed E-state index contributed by atoms with van der Waals surface area (Å²) in [5.41, 5.74) is 2.88. The molecule has 1 fully saturated rings. The first-order valence-corrected chi connectivity index (χ1v) is 9.89. The molecule has 0 spiro atoms. The maximum absolute atomic E-state index is 12.6. The standard InChI is InChI=1S/C19H23O3P/c1-15-14-17(16-8-4-2-5-9-16)12-13-19(15)22-23(20,21)18-10-6-3-7-11-18/h2,4-5,8-9,12-14,18H,3,6-7,10-11H2,1H3,(H,20,21). The molecule has 23 heavy (non-hydrogen) atoms. The van der Waals surface area contributed by atoms with Gasteiger partial charge in [-0.1, -0.05) is 55.7 Å². The van der Waals surface area contributed by atoms with Crippen LogP contribution in [0.5, 0.6) is 5.75 Å². The molecular formula is C19H23O3P. The molecule has 1 aliphatic carbocycles. The van der Waals surface area contributed by atoms with E-state index in [9.17, 15) is 9.46 Å². The highest BCUT2D eigenvalue weighted by atomic mass is 31.2. The zero-order valence-corrected chi connectivity index (χ0v) is 14.3. The predicted molar refractivity (Wildman–Crippen MR) is 93.9 cm³/mol. The van der Waals surface area contributed by atoms with Crippen LogP contribution in [-0.4, -0.2) is 10.6 Å². The molecule has 0 bridgehead atoms. The number of hydrogen-bond donors (Lipinski definition) is 1. The summed E-state index contributed by atoms with van der Waals surface area (Å²) in [4.78, 5) is 10.3. The van der Waals surface area contributed by atoms with Gasteiger partial charge in [0.1, 0.15) is 5.75 Å². The fourth-order valence-corrected chi connectivity index (χ4v) is 4.84. The lowest BCUT2D eigenvalue weighted by molar-refractivity contribution is 0.342. The molecule has 0 aliphatic heterocycles. The lowest BCUT2D eigenvalue weighted by atomic mass is 10.0. The highest BCUT2D eigenvalue weighted by Gasteiger charge is 2.35. The van der Waals surface area contributed by atoms with Gasteiger partial charge in [0.2, 0.25) is 0 Å². The molecule has 0 aromatic heterocycles. The average Bonchev–Trinajstić information content (AvgIpc) is 2.58. The molecule has 2 aromatic rings. The third-order valence-corrected chi connectivity index (χ3v) is 6.44. The van der Waals surface area contributed by atoms with E-state index in [-0.39, 0.29) is 5.66 Å². The van der Waals surface area contributed by atoms with E-state index in [1.807, 2.05) is 55.5 Å². The van der Waals surface area contributed by atoms with Crippen molar-refractivity contribution in [2.45, 2.75) is 44.7 Å². The van der Waals surface area contributed by atoms with Crippen LogP contribution in [0.1, 0.15) is 37.7 Å². The zero-order valence-electron chi connectivity index (χ0n) is 13.4. The van der Waals surface area contributed by atoms with Gasteiger partial charge in [-0.05, 0) is 48.6 Å². The summed E-state index contributed by atoms with van der Waals surface area (Å²) in [7, 11) is -3.60. The van der Waals surface area contributed by atoms with Crippen LogP contribution in [0.15, 0.2) is 48.5 Å². The summed E-state index contributed by atoms with van der Waals surface area (Å²) >= 11 is 0. The Balaban J connectivity index is 1.79. The molecule has 0 heterocycles. The maximum Gasteiger partial charge on any atom is 0.379 e. The summed E-state index contributed by atoms with van der Waals surface area (Å²) < 4.78 is 18.2. The van der Waals surface area contributed by atoms with Crippen LogP contribution in [0.25, 0.3) is 11.1 Å². The van der Waals surface area contributed by atoms with E-state index in [4.69, 9.17) is 4.52 Å². The van der Waals surface area contributed by atoms with Crippen molar-refractivity contribution in [3.05, 3.63) is 54.1 Å². The Morgan fingerprint density at radius 3 is 2.35 bits per heavy atom. The van der Waals surface area contributed by atoms with Crippen LogP contribution in [-0.2, 0) is 4.57 Å². The number of hydrogen-bond acceptors (Lipinski definition) is 2. The first kappa shape index (κ1) is 16.3. The summed E-state index contributed by atoms with van der Waals surface area (Å²) in [5.74, 6) is 0.515. The fraction of sp³-hybridized carbons (Fsp3) is 0.368. The second kappa shape index (κ2) is 6.90. The quantitative estimate of drug-likeness (QED) is 0.747. The summed E-state index contributed by atoms with van der Waals surface area (Å²) in [6.45, 7) is 1.92. The number of rotatable bonds is 4. The van der Waals surface area contributed by atoms with Crippen molar-refractivity contribution in [3.63, 3.8) is 0 Å². The molecule has 1 N–H and O–H groups in total. The van der Waals surface area contributed by atoms with E-state index in [0.29, 0.717) is 5.75 Å². The lowest BCUT2D eigenvalue weighted by Gasteiger charge is -2.26. The molecule has 0 amide bonds. The van der Waals surface area contributed by atoms with Gasteiger partial charge in [0.15, 0.2) is 0 Å². The van der Waals surface area contributed by atoms with Gasteiger partial charge in [-0.2, -0.15) is 0 Å². The molecule has 1 aliphatic rings. The van der Waals surface area contributed by atoms with E-state index in [2.05, 4.69) is 0 Å². The SMILES string of the molecule is Cc1cc(-c2ccccc2)ccc1OP(=O)(O)C1CCCCC1. The first-order chi connectivity index (χ1) is 11.1. The van der Waals surface area contributed by atoms with Crippen molar-refractivity contribution in [3.8, 4) is 16.9 Å². The lowest BCUT2D eigenvalue weighted by Crippen LogP contribution is -2.16. The van der Waals surface area contributed by atoms with Gasteiger partial charge in [-0.3, -0.25) is 0 Å². The molecule has 0 saturated heterocycles. The highest BCUT2D eigenvalue weighted by molar-refractivity contribution is 7.54. The van der Waals surface area contributed by atoms with Gasteiger partial charge in [-0.25, -0.2) is 4.57 Å². The van der Waals surface area contributed by atoms with Crippen molar-refractivity contribution in [1.82, 2.24) is 0 Å². The third-order valence-electron chi connectivity index (χ3n) is 4.55. The van der Waals surface area contributed by atoms with Crippen molar-refractivity contribution in [1.29, 1.82) is 0 Å². The molecular weight excluding hydrogens is 307 g/mol. The van der Waals surface area contributed by atoms with E-state index in [1.165, 1.54) is 0 Å². The van der Waals surface area contributed by atoms with E-state index < -0.39 is 7.60 Å². The Bertz CT molecular complexity index is 706. The Kier molecular flexibility index (Phi) is 4.89. The summed E-state index contributed by atoms with van der Waals surface area (Å²) in [6, 6.07) is 15.8. The smallest absolute Gasteiger partial charge is 0.379 e. The monoisotopic (exact) mass is 330 g/mol. The predicted octanol–water partition coefficient (Wildman–Crippen LogP) is 5.56. The van der Waals surface area contributed by atoms with Crippen LogP contribution in [0, 0.1) is 6.92 Å². The third kappa shape index (κ3) is 3.85. The molecule has 3 nitrogen and oxygen atoms in total. The van der Waals surface area contributed by atoms with E-state index in [1.54, 1.807) is 0 Å². The normalized spacial score (nSPS) is 18.3. The number of aryl methyl sites for hydroxylation is 1. The summed E-state index contributed by atoms with van der Waals surface area (Å²) in [6.07, 6.45) is 4.76. The van der Waals surface area contributed by atoms with Gasteiger partial charge in [0.25, 0.3) is 0 Å². The van der Waals surface area contributed by atoms with Crippen molar-refractivity contribution in [2.75, 3.05) is 0 Å². The Morgan fingerprint density at radius 2 is 1.70 bits per heavy atom. The minimum absolute atomic E-state index is 0.218. The molecule has 1 atom stereocenters. The van der Waals surface area contributed by atoms with Crippen molar-refractivity contribution < 1.29 is 14.0 Å². The van der Waals surface area contributed by atoms with Crippen LogP contribution in [0.3, 0.4) is 0 Å². The van der Waals surface area contributed by atoms with Crippen LogP contribution in [0.4, 0.5) is 0 Å². The first-order valence-electron chi connectivity index (χ1n) is 8.24. The topological polar surface area (TPSA) is 46.5 Å². The minimum Gasteiger partial charge on any atom is -0.424 e. The Labute approximate surface area is 137 Å². The molecule has 4 heteroatoms. The van der Waals surface area contributed by atoms with Crippen molar-refractivity contribution in [2.24, 2.45) is 0 Å².